The van der Waals surface area contributed by atoms with E-state index in [1.54, 1.807) is 0 Å². The topological polar surface area (TPSA) is 21.3 Å². The van der Waals surface area contributed by atoms with E-state index in [-0.39, 0.29) is 0 Å². The van der Waals surface area contributed by atoms with E-state index in [2.05, 4.69) is 36.5 Å². The van der Waals surface area contributed by atoms with E-state index in [0.717, 1.165) is 25.5 Å². The van der Waals surface area contributed by atoms with Crippen LogP contribution in [0.2, 0.25) is 0 Å². The van der Waals surface area contributed by atoms with Crippen LogP contribution in [-0.4, -0.2) is 19.3 Å². The molecule has 1 fully saturated rings. The molecule has 3 rings (SSSR count). The Kier molecular flexibility index (Phi) is 4.74. The molecular weight excluding hydrogens is 246 g/mol. The molecule has 2 nitrogen and oxygen atoms in total. The second-order valence-electron chi connectivity index (χ2n) is 6.36. The first-order chi connectivity index (χ1) is 9.88. The molecule has 0 aliphatic heterocycles. The van der Waals surface area contributed by atoms with Gasteiger partial charge in [0, 0.05) is 13.0 Å². The first-order valence-corrected chi connectivity index (χ1v) is 8.31. The van der Waals surface area contributed by atoms with Crippen LogP contribution in [0.4, 0.5) is 0 Å². The fourth-order valence-electron chi connectivity index (χ4n) is 3.69. The lowest BCUT2D eigenvalue weighted by Gasteiger charge is -2.23. The molecule has 2 heteroatoms. The van der Waals surface area contributed by atoms with Crippen LogP contribution in [0.1, 0.15) is 56.2 Å². The Bertz CT molecular complexity index is 425. The standard InChI is InChI=1S/C18H27NO/c1-2-11-19-18-16-10-6-5-9-15(16)12-17(18)20-13-14-7-3-4-8-14/h5-6,9-10,14,17-19H,2-4,7-8,11-13H2,1H3. The Morgan fingerprint density at radius 2 is 2.00 bits per heavy atom. The molecule has 2 aliphatic rings. The largest absolute Gasteiger partial charge is 0.376 e. The summed E-state index contributed by atoms with van der Waals surface area (Å²) in [5, 5.41) is 3.69. The molecule has 110 valence electrons. The van der Waals surface area contributed by atoms with Crippen molar-refractivity contribution in [1.29, 1.82) is 0 Å². The van der Waals surface area contributed by atoms with E-state index < -0.39 is 0 Å². The van der Waals surface area contributed by atoms with Gasteiger partial charge in [-0.2, -0.15) is 0 Å². The molecule has 2 aliphatic carbocycles. The minimum Gasteiger partial charge on any atom is -0.376 e. The second-order valence-corrected chi connectivity index (χ2v) is 6.36. The number of hydrogen-bond donors (Lipinski definition) is 1. The molecule has 2 unspecified atom stereocenters. The molecule has 20 heavy (non-hydrogen) atoms. The lowest BCUT2D eigenvalue weighted by molar-refractivity contribution is 0.0144. The number of rotatable bonds is 6. The van der Waals surface area contributed by atoms with Crippen LogP contribution in [0.25, 0.3) is 0 Å². The van der Waals surface area contributed by atoms with Crippen molar-refractivity contribution < 1.29 is 4.74 Å². The normalized spacial score (nSPS) is 26.1. The van der Waals surface area contributed by atoms with Gasteiger partial charge < -0.3 is 10.1 Å². The monoisotopic (exact) mass is 273 g/mol. The molecule has 0 radical (unpaired) electrons. The van der Waals surface area contributed by atoms with Crippen LogP contribution in [0, 0.1) is 5.92 Å². The Morgan fingerprint density at radius 3 is 2.80 bits per heavy atom. The van der Waals surface area contributed by atoms with Gasteiger partial charge in [-0.15, -0.1) is 0 Å². The molecule has 0 bridgehead atoms. The van der Waals surface area contributed by atoms with E-state index in [1.165, 1.54) is 43.2 Å². The predicted octanol–water partition coefficient (Wildman–Crippen LogP) is 3.86. The van der Waals surface area contributed by atoms with Gasteiger partial charge in [-0.05, 0) is 42.9 Å². The first kappa shape index (κ1) is 14.1. The smallest absolute Gasteiger partial charge is 0.0810 e. The molecule has 1 N–H and O–H groups in total. The second kappa shape index (κ2) is 6.73. The quantitative estimate of drug-likeness (QED) is 0.850. The molecule has 1 aromatic rings. The summed E-state index contributed by atoms with van der Waals surface area (Å²) >= 11 is 0. The van der Waals surface area contributed by atoms with Crippen LogP contribution >= 0.6 is 0 Å². The molecule has 1 aromatic carbocycles. The first-order valence-electron chi connectivity index (χ1n) is 8.31. The van der Waals surface area contributed by atoms with Gasteiger partial charge in [0.25, 0.3) is 0 Å². The van der Waals surface area contributed by atoms with Crippen molar-refractivity contribution in [2.45, 2.75) is 57.6 Å². The van der Waals surface area contributed by atoms with Gasteiger partial charge in [0.15, 0.2) is 0 Å². The van der Waals surface area contributed by atoms with Crippen LogP contribution < -0.4 is 5.32 Å². The van der Waals surface area contributed by atoms with Gasteiger partial charge in [-0.3, -0.25) is 0 Å². The predicted molar refractivity (Wildman–Crippen MR) is 82.9 cm³/mol. The summed E-state index contributed by atoms with van der Waals surface area (Å²) in [6, 6.07) is 9.22. The Balaban J connectivity index is 1.63. The summed E-state index contributed by atoms with van der Waals surface area (Å²) in [6.45, 7) is 4.26. The summed E-state index contributed by atoms with van der Waals surface area (Å²) in [5.74, 6) is 0.811. The van der Waals surface area contributed by atoms with Crippen molar-refractivity contribution in [3.63, 3.8) is 0 Å². The van der Waals surface area contributed by atoms with E-state index in [9.17, 15) is 0 Å². The minimum atomic E-state index is 0.333. The zero-order chi connectivity index (χ0) is 13.8. The van der Waals surface area contributed by atoms with Gasteiger partial charge >= 0.3 is 0 Å². The van der Waals surface area contributed by atoms with Crippen LogP contribution in [0.3, 0.4) is 0 Å². The molecule has 2 atom stereocenters. The number of hydrogen-bond acceptors (Lipinski definition) is 2. The lowest BCUT2D eigenvalue weighted by Crippen LogP contribution is -2.32. The Hall–Kier alpha value is -0.860. The van der Waals surface area contributed by atoms with Crippen molar-refractivity contribution in [3.8, 4) is 0 Å². The van der Waals surface area contributed by atoms with E-state index in [0.29, 0.717) is 12.1 Å². The zero-order valence-electron chi connectivity index (χ0n) is 12.6. The van der Waals surface area contributed by atoms with Gasteiger partial charge in [0.2, 0.25) is 0 Å². The van der Waals surface area contributed by atoms with E-state index in [1.807, 2.05) is 0 Å². The SMILES string of the molecule is CCCNC1c2ccccc2CC1OCC1CCCC1. The highest BCUT2D eigenvalue weighted by molar-refractivity contribution is 5.36. The summed E-state index contributed by atoms with van der Waals surface area (Å²) in [4.78, 5) is 0. The van der Waals surface area contributed by atoms with E-state index >= 15 is 0 Å². The average Bonchev–Trinajstić information content (AvgIpc) is 3.10. The highest BCUT2D eigenvalue weighted by Gasteiger charge is 2.33. The summed E-state index contributed by atoms with van der Waals surface area (Å²) in [5.41, 5.74) is 2.93. The molecule has 0 saturated heterocycles. The maximum atomic E-state index is 6.32. The van der Waals surface area contributed by atoms with Crippen LogP contribution in [-0.2, 0) is 11.2 Å². The Morgan fingerprint density at radius 1 is 1.20 bits per heavy atom. The third-order valence-electron chi connectivity index (χ3n) is 4.82. The highest BCUT2D eigenvalue weighted by atomic mass is 16.5. The molecule has 0 aromatic heterocycles. The molecule has 0 heterocycles. The van der Waals surface area contributed by atoms with Crippen molar-refractivity contribution in [1.82, 2.24) is 5.32 Å². The van der Waals surface area contributed by atoms with E-state index in [4.69, 9.17) is 4.74 Å². The fraction of sp³-hybridized carbons (Fsp3) is 0.667. The molecule has 0 spiro atoms. The van der Waals surface area contributed by atoms with Gasteiger partial charge in [-0.25, -0.2) is 0 Å². The van der Waals surface area contributed by atoms with Crippen LogP contribution in [0.5, 0.6) is 0 Å². The van der Waals surface area contributed by atoms with Gasteiger partial charge in [0.05, 0.1) is 12.1 Å². The van der Waals surface area contributed by atoms with Gasteiger partial charge in [-0.1, -0.05) is 44.0 Å². The van der Waals surface area contributed by atoms with Crippen molar-refractivity contribution in [2.24, 2.45) is 5.92 Å². The van der Waals surface area contributed by atoms with Crippen molar-refractivity contribution in [2.75, 3.05) is 13.2 Å². The average molecular weight is 273 g/mol. The fourth-order valence-corrected chi connectivity index (χ4v) is 3.69. The third-order valence-corrected chi connectivity index (χ3v) is 4.82. The zero-order valence-corrected chi connectivity index (χ0v) is 12.6. The number of nitrogens with one attached hydrogen (secondary N) is 1. The molecular formula is C18H27NO. The molecule has 0 amide bonds. The summed E-state index contributed by atoms with van der Waals surface area (Å²) in [7, 11) is 0. The van der Waals surface area contributed by atoms with Crippen molar-refractivity contribution in [3.05, 3.63) is 35.4 Å². The van der Waals surface area contributed by atoms with Crippen molar-refractivity contribution >= 4 is 0 Å². The van der Waals surface area contributed by atoms with Gasteiger partial charge in [0.1, 0.15) is 0 Å². The number of fused-ring (bicyclic) bond motifs is 1. The summed E-state index contributed by atoms with van der Waals surface area (Å²) < 4.78 is 6.32. The molecule has 1 saturated carbocycles. The maximum Gasteiger partial charge on any atom is 0.0810 e. The maximum absolute atomic E-state index is 6.32. The highest BCUT2D eigenvalue weighted by Crippen LogP contribution is 2.34. The Labute approximate surface area is 122 Å². The van der Waals surface area contributed by atoms with Crippen LogP contribution in [0.15, 0.2) is 24.3 Å². The number of benzene rings is 1. The summed E-state index contributed by atoms with van der Waals surface area (Å²) in [6.07, 6.45) is 8.12. The third kappa shape index (κ3) is 3.07. The number of ether oxygens (including phenoxy) is 1. The lowest BCUT2D eigenvalue weighted by atomic mass is 10.1. The minimum absolute atomic E-state index is 0.333.